The van der Waals surface area contributed by atoms with Gasteiger partial charge in [-0.25, -0.2) is 9.97 Å². The fourth-order valence-corrected chi connectivity index (χ4v) is 6.14. The molecule has 0 aliphatic carbocycles. The Morgan fingerprint density at radius 2 is 1.80 bits per heavy atom. The van der Waals surface area contributed by atoms with Crippen molar-refractivity contribution in [3.8, 4) is 22.6 Å². The highest BCUT2D eigenvalue weighted by molar-refractivity contribution is 6.35. The van der Waals surface area contributed by atoms with Crippen LogP contribution in [0.4, 0.5) is 17.5 Å². The van der Waals surface area contributed by atoms with E-state index in [0.29, 0.717) is 59.2 Å². The largest absolute Gasteiger partial charge is 0.497 e. The van der Waals surface area contributed by atoms with Crippen molar-refractivity contribution >= 4 is 45.9 Å². The van der Waals surface area contributed by atoms with E-state index in [0.717, 1.165) is 29.9 Å². The molecule has 0 unspecified atom stereocenters. The number of hydrogen-bond acceptors (Lipinski definition) is 11. The van der Waals surface area contributed by atoms with Crippen LogP contribution in [0.1, 0.15) is 11.1 Å². The quantitative estimate of drug-likeness (QED) is 0.159. The molecule has 3 aromatic heterocycles. The first-order valence-corrected chi connectivity index (χ1v) is 16.9. The number of pyridine rings is 2. The Morgan fingerprint density at radius 3 is 2.53 bits per heavy atom. The number of anilines is 3. The number of morpholine rings is 1. The number of methoxy groups -OCH3 is 2. The molecule has 0 radical (unpaired) electrons. The summed E-state index contributed by atoms with van der Waals surface area (Å²) in [5.74, 6) is 1.69. The van der Waals surface area contributed by atoms with E-state index in [9.17, 15) is 9.59 Å². The molecule has 0 bridgehead atoms. The number of allylic oxidation sites excluding steroid dienone is 1. The Hall–Kier alpha value is -5.30. The molecular weight excluding hydrogens is 670 g/mol. The van der Waals surface area contributed by atoms with Crippen LogP contribution in [-0.2, 0) is 22.5 Å². The number of nitrogens with one attached hydrogen (secondary N) is 1. The highest BCUT2D eigenvalue weighted by Gasteiger charge is 2.20. The van der Waals surface area contributed by atoms with Crippen molar-refractivity contribution < 1.29 is 19.0 Å². The predicted molar refractivity (Wildman–Crippen MR) is 200 cm³/mol. The molecule has 51 heavy (non-hydrogen) atoms. The molecule has 4 heterocycles. The molecule has 12 nitrogen and oxygen atoms in total. The summed E-state index contributed by atoms with van der Waals surface area (Å²) < 4.78 is 18.0. The van der Waals surface area contributed by atoms with Gasteiger partial charge in [-0.1, -0.05) is 41.9 Å². The Kier molecular flexibility index (Phi) is 11.2. The van der Waals surface area contributed by atoms with Crippen LogP contribution in [0.25, 0.3) is 22.2 Å². The minimum atomic E-state index is -0.328. The topological polar surface area (TPSA) is 124 Å². The summed E-state index contributed by atoms with van der Waals surface area (Å²) >= 11 is 6.78. The summed E-state index contributed by atoms with van der Waals surface area (Å²) in [6, 6.07) is 16.6. The molecule has 2 aromatic carbocycles. The number of aromatic nitrogens is 4. The van der Waals surface area contributed by atoms with Crippen molar-refractivity contribution in [3.05, 3.63) is 106 Å². The fraction of sp³-hybridized carbons (Fsp3) is 0.289. The van der Waals surface area contributed by atoms with Crippen molar-refractivity contribution in [1.29, 1.82) is 0 Å². The van der Waals surface area contributed by atoms with Gasteiger partial charge in [0, 0.05) is 54.8 Å². The Labute approximate surface area is 301 Å². The molecule has 0 saturated carbocycles. The molecule has 1 saturated heterocycles. The third-order valence-electron chi connectivity index (χ3n) is 8.43. The van der Waals surface area contributed by atoms with Crippen LogP contribution in [-0.4, -0.2) is 91.4 Å². The van der Waals surface area contributed by atoms with E-state index >= 15 is 0 Å². The van der Waals surface area contributed by atoms with Crippen LogP contribution in [0, 0.1) is 0 Å². The Morgan fingerprint density at radius 1 is 1.00 bits per heavy atom. The molecule has 264 valence electrons. The summed E-state index contributed by atoms with van der Waals surface area (Å²) in [5.41, 5.74) is 3.52. The second kappa shape index (κ2) is 16.2. The maximum atomic E-state index is 14.5. The Bertz CT molecular complexity index is 2110. The van der Waals surface area contributed by atoms with E-state index < -0.39 is 0 Å². The third-order valence-corrected chi connectivity index (χ3v) is 8.82. The molecule has 5 aromatic rings. The summed E-state index contributed by atoms with van der Waals surface area (Å²) in [5, 5.41) is 4.07. The van der Waals surface area contributed by atoms with Crippen molar-refractivity contribution in [2.75, 3.05) is 71.4 Å². The van der Waals surface area contributed by atoms with Gasteiger partial charge in [0.05, 0.1) is 50.9 Å². The fourth-order valence-electron chi connectivity index (χ4n) is 5.85. The number of likely N-dealkylation sites (N-methyl/N-ethyl adjacent to an activating group) is 1. The first-order valence-electron chi connectivity index (χ1n) is 16.5. The maximum Gasteiger partial charge on any atom is 0.260 e. The number of nitrogens with zero attached hydrogens (tertiary/aromatic N) is 6. The number of fused-ring (bicyclic) bond motifs is 1. The van der Waals surface area contributed by atoms with Crippen LogP contribution in [0.15, 0.2) is 83.9 Å². The number of carbonyl (C=O) groups excluding carboxylic acids is 1. The SMILES string of the molecule is COc1cc(OC)c(Cl)c(-c2cc3cnc(Nc4ccc(N5CCOCC5)cn4)nc3n(Cc3cccc(CC(=O)/C=C/CN(C)C)c3)c2=O)c1. The normalized spacial score (nSPS) is 13.3. The van der Waals surface area contributed by atoms with Gasteiger partial charge in [0.1, 0.15) is 23.0 Å². The van der Waals surface area contributed by atoms with Crippen LogP contribution in [0.2, 0.25) is 5.02 Å². The molecule has 1 fully saturated rings. The average Bonchev–Trinajstić information content (AvgIpc) is 3.13. The van der Waals surface area contributed by atoms with E-state index in [1.54, 1.807) is 41.2 Å². The molecular formula is C38H40ClN7O5. The summed E-state index contributed by atoms with van der Waals surface area (Å²) in [6.07, 6.45) is 7.16. The van der Waals surface area contributed by atoms with Crippen LogP contribution in [0.3, 0.4) is 0 Å². The maximum absolute atomic E-state index is 14.5. The average molecular weight is 710 g/mol. The number of ether oxygens (including phenoxy) is 3. The zero-order valence-electron chi connectivity index (χ0n) is 29.1. The molecule has 0 atom stereocenters. The second-order valence-corrected chi connectivity index (χ2v) is 12.7. The molecule has 1 aliphatic rings. The lowest BCUT2D eigenvalue weighted by atomic mass is 10.0. The van der Waals surface area contributed by atoms with Gasteiger partial charge in [0.2, 0.25) is 5.95 Å². The van der Waals surface area contributed by atoms with E-state index in [2.05, 4.69) is 20.2 Å². The minimum Gasteiger partial charge on any atom is -0.497 e. The van der Waals surface area contributed by atoms with Gasteiger partial charge >= 0.3 is 0 Å². The van der Waals surface area contributed by atoms with E-state index in [-0.39, 0.29) is 35.3 Å². The van der Waals surface area contributed by atoms with E-state index in [1.165, 1.54) is 14.2 Å². The first-order chi connectivity index (χ1) is 24.7. The zero-order valence-corrected chi connectivity index (χ0v) is 29.8. The third kappa shape index (κ3) is 8.54. The number of carbonyl (C=O) groups is 1. The highest BCUT2D eigenvalue weighted by Crippen LogP contribution is 2.38. The van der Waals surface area contributed by atoms with Gasteiger partial charge in [-0.15, -0.1) is 0 Å². The van der Waals surface area contributed by atoms with E-state index in [4.69, 9.17) is 30.8 Å². The number of hydrogen-bond donors (Lipinski definition) is 1. The van der Waals surface area contributed by atoms with Gasteiger partial charge in [-0.3, -0.25) is 14.2 Å². The van der Waals surface area contributed by atoms with Gasteiger partial charge in [0.25, 0.3) is 5.56 Å². The van der Waals surface area contributed by atoms with Gasteiger partial charge < -0.3 is 29.3 Å². The zero-order chi connectivity index (χ0) is 35.9. The predicted octanol–water partition coefficient (Wildman–Crippen LogP) is 5.38. The van der Waals surface area contributed by atoms with Gasteiger partial charge in [-0.05, 0) is 55.6 Å². The lowest BCUT2D eigenvalue weighted by molar-refractivity contribution is -0.114. The monoisotopic (exact) mass is 709 g/mol. The lowest BCUT2D eigenvalue weighted by Gasteiger charge is -2.28. The second-order valence-electron chi connectivity index (χ2n) is 12.4. The molecule has 13 heteroatoms. The van der Waals surface area contributed by atoms with Crippen LogP contribution < -0.4 is 25.2 Å². The number of benzene rings is 2. The molecule has 0 spiro atoms. The van der Waals surface area contributed by atoms with Crippen molar-refractivity contribution in [3.63, 3.8) is 0 Å². The smallest absolute Gasteiger partial charge is 0.260 e. The van der Waals surface area contributed by atoms with Crippen molar-refractivity contribution in [2.24, 2.45) is 0 Å². The van der Waals surface area contributed by atoms with Crippen LogP contribution in [0.5, 0.6) is 11.5 Å². The molecule has 1 N–H and O–H groups in total. The van der Waals surface area contributed by atoms with Gasteiger partial charge in [-0.2, -0.15) is 4.98 Å². The van der Waals surface area contributed by atoms with E-state index in [1.807, 2.05) is 61.5 Å². The van der Waals surface area contributed by atoms with Crippen molar-refractivity contribution in [2.45, 2.75) is 13.0 Å². The molecule has 0 amide bonds. The minimum absolute atomic E-state index is 0.00438. The molecule has 1 aliphatic heterocycles. The number of ketones is 1. The number of rotatable bonds is 13. The first kappa shape index (κ1) is 35.5. The standard InChI is InChI=1S/C38H40ClN7O5/c1-44(2)12-6-9-29(47)18-25-7-5-8-26(17-25)24-46-36-27(19-32(37(46)48)31-20-30(49-3)21-33(50-4)35(31)39)22-41-38(43-36)42-34-11-10-28(23-40-34)45-13-15-51-16-14-45/h5-11,17,19-23H,12-16,18,24H2,1-4H3,(H,40,41,42,43)/b9-6+. The number of halogens is 1. The van der Waals surface area contributed by atoms with Crippen molar-refractivity contribution in [1.82, 2.24) is 24.4 Å². The molecule has 6 rings (SSSR count). The van der Waals surface area contributed by atoms with Gasteiger partial charge in [0.15, 0.2) is 5.78 Å². The summed E-state index contributed by atoms with van der Waals surface area (Å²) in [7, 11) is 6.94. The Balaban J connectivity index is 1.38. The summed E-state index contributed by atoms with van der Waals surface area (Å²) in [6.45, 7) is 3.83. The van der Waals surface area contributed by atoms with Crippen LogP contribution >= 0.6 is 11.6 Å². The lowest BCUT2D eigenvalue weighted by Crippen LogP contribution is -2.36. The highest BCUT2D eigenvalue weighted by atomic mass is 35.5. The summed E-state index contributed by atoms with van der Waals surface area (Å²) in [4.78, 5) is 45.3.